The summed E-state index contributed by atoms with van der Waals surface area (Å²) in [6.45, 7) is 3.08. The van der Waals surface area contributed by atoms with Gasteiger partial charge in [-0.1, -0.05) is 12.1 Å². The molecule has 0 saturated heterocycles. The number of rotatable bonds is 10. The standard InChI is InChI=1S/C27H33N5O5/c1-5-37-27(34)25-20-10-17(11-21(20)25)22-13-24(28-26(33)23-12-18(15-35-3)29-31(23)2)32(30-22)14-16-6-8-19(36-4)9-7-16/h6-9,12-13,17,20-21,25H,5,10-11,14-15H2,1-4H3,(H,28,33)/t17?,20-,21+,25?. The van der Waals surface area contributed by atoms with Gasteiger partial charge in [-0.15, -0.1) is 0 Å². The molecule has 2 aliphatic rings. The Morgan fingerprint density at radius 3 is 2.46 bits per heavy atom. The van der Waals surface area contributed by atoms with E-state index in [1.54, 1.807) is 32.0 Å². The van der Waals surface area contributed by atoms with Gasteiger partial charge >= 0.3 is 5.97 Å². The zero-order valence-electron chi connectivity index (χ0n) is 21.6. The normalized spacial score (nSPS) is 21.9. The molecule has 2 aromatic heterocycles. The second-order valence-electron chi connectivity index (χ2n) is 9.77. The Labute approximate surface area is 215 Å². The number of hydrogen-bond donors (Lipinski definition) is 1. The molecule has 3 aromatic rings. The number of benzene rings is 1. The number of carbonyl (C=O) groups is 2. The number of esters is 1. The minimum atomic E-state index is -0.267. The minimum absolute atomic E-state index is 0.0305. The van der Waals surface area contributed by atoms with Gasteiger partial charge in [-0.2, -0.15) is 10.2 Å². The van der Waals surface area contributed by atoms with Crippen LogP contribution in [0.5, 0.6) is 5.75 Å². The molecular formula is C27H33N5O5. The molecule has 5 rings (SSSR count). The maximum absolute atomic E-state index is 13.2. The summed E-state index contributed by atoms with van der Waals surface area (Å²) in [6.07, 6.45) is 1.81. The molecule has 10 nitrogen and oxygen atoms in total. The number of aryl methyl sites for hydroxylation is 1. The first-order valence-corrected chi connectivity index (χ1v) is 12.6. The Morgan fingerprint density at radius 1 is 1.08 bits per heavy atom. The quantitative estimate of drug-likeness (QED) is 0.419. The van der Waals surface area contributed by atoms with Crippen molar-refractivity contribution in [3.05, 3.63) is 59.0 Å². The number of nitrogens with zero attached hydrogens (tertiary/aromatic N) is 4. The molecule has 1 N–H and O–H groups in total. The highest BCUT2D eigenvalue weighted by atomic mass is 16.5. The number of fused-ring (bicyclic) bond motifs is 1. The van der Waals surface area contributed by atoms with Crippen LogP contribution >= 0.6 is 0 Å². The van der Waals surface area contributed by atoms with E-state index >= 15 is 0 Å². The Balaban J connectivity index is 1.36. The molecule has 10 heteroatoms. The van der Waals surface area contributed by atoms with E-state index in [9.17, 15) is 9.59 Å². The Hall–Kier alpha value is -3.66. The van der Waals surface area contributed by atoms with E-state index in [1.807, 2.05) is 41.9 Å². The molecular weight excluding hydrogens is 474 g/mol. The van der Waals surface area contributed by atoms with Gasteiger partial charge in [-0.25, -0.2) is 4.68 Å². The van der Waals surface area contributed by atoms with Crippen LogP contribution in [0.2, 0.25) is 0 Å². The monoisotopic (exact) mass is 507 g/mol. The SMILES string of the molecule is CCOC(=O)C1[C@H]2CC(c3cc(NC(=O)c4cc(COC)nn4C)n(Cc4ccc(OC)cc4)n3)C[C@@H]12. The summed E-state index contributed by atoms with van der Waals surface area (Å²) >= 11 is 0. The lowest BCUT2D eigenvalue weighted by Crippen LogP contribution is -2.19. The number of methoxy groups -OCH3 is 2. The lowest BCUT2D eigenvalue weighted by molar-refractivity contribution is -0.145. The van der Waals surface area contributed by atoms with Gasteiger partial charge in [0.1, 0.15) is 17.3 Å². The highest BCUT2D eigenvalue weighted by Gasteiger charge is 2.60. The van der Waals surface area contributed by atoms with E-state index in [4.69, 9.17) is 19.3 Å². The summed E-state index contributed by atoms with van der Waals surface area (Å²) in [6, 6.07) is 11.5. The summed E-state index contributed by atoms with van der Waals surface area (Å²) in [5.74, 6) is 2.07. The van der Waals surface area contributed by atoms with Gasteiger partial charge in [-0.3, -0.25) is 14.3 Å². The maximum Gasteiger partial charge on any atom is 0.309 e. The molecule has 0 aliphatic heterocycles. The van der Waals surface area contributed by atoms with Crippen LogP contribution in [0.4, 0.5) is 5.82 Å². The molecule has 4 atom stereocenters. The van der Waals surface area contributed by atoms with Crippen molar-refractivity contribution in [3.8, 4) is 5.75 Å². The number of aromatic nitrogens is 4. The molecule has 0 bridgehead atoms. The second-order valence-corrected chi connectivity index (χ2v) is 9.77. The number of amides is 1. The molecule has 37 heavy (non-hydrogen) atoms. The largest absolute Gasteiger partial charge is 0.497 e. The van der Waals surface area contributed by atoms with Gasteiger partial charge in [0.25, 0.3) is 5.91 Å². The van der Waals surface area contributed by atoms with E-state index in [0.29, 0.717) is 48.8 Å². The summed E-state index contributed by atoms with van der Waals surface area (Å²) in [5, 5.41) is 12.3. The molecule has 0 spiro atoms. The van der Waals surface area contributed by atoms with E-state index in [1.165, 1.54) is 0 Å². The molecule has 196 valence electrons. The van der Waals surface area contributed by atoms with Gasteiger partial charge < -0.3 is 19.5 Å². The third-order valence-electron chi connectivity index (χ3n) is 7.41. The average molecular weight is 508 g/mol. The third-order valence-corrected chi connectivity index (χ3v) is 7.41. The Kier molecular flexibility index (Phi) is 7.01. The van der Waals surface area contributed by atoms with Crippen molar-refractivity contribution >= 4 is 17.7 Å². The maximum atomic E-state index is 13.2. The van der Waals surface area contributed by atoms with Gasteiger partial charge in [0.2, 0.25) is 0 Å². The molecule has 2 unspecified atom stereocenters. The van der Waals surface area contributed by atoms with Crippen molar-refractivity contribution in [1.82, 2.24) is 19.6 Å². The zero-order valence-corrected chi connectivity index (χ0v) is 21.6. The van der Waals surface area contributed by atoms with Gasteiger partial charge in [0, 0.05) is 26.1 Å². The van der Waals surface area contributed by atoms with Crippen LogP contribution in [0, 0.1) is 17.8 Å². The lowest BCUT2D eigenvalue weighted by Gasteiger charge is -2.11. The van der Waals surface area contributed by atoms with Gasteiger partial charge in [-0.05, 0) is 55.4 Å². The molecule has 2 aliphatic carbocycles. The van der Waals surface area contributed by atoms with Crippen LogP contribution in [-0.4, -0.2) is 52.3 Å². The average Bonchev–Trinajstić information content (AvgIpc) is 3.20. The topological polar surface area (TPSA) is 110 Å². The predicted octanol–water partition coefficient (Wildman–Crippen LogP) is 3.37. The van der Waals surface area contributed by atoms with Crippen LogP contribution in [0.3, 0.4) is 0 Å². The fourth-order valence-electron chi connectivity index (χ4n) is 5.57. The van der Waals surface area contributed by atoms with Crippen LogP contribution in [0.1, 0.15) is 53.1 Å². The van der Waals surface area contributed by atoms with Gasteiger partial charge in [0.15, 0.2) is 0 Å². The number of ether oxygens (including phenoxy) is 3. The van der Waals surface area contributed by atoms with Crippen molar-refractivity contribution in [1.29, 1.82) is 0 Å². The summed E-state index contributed by atoms with van der Waals surface area (Å²) in [5.41, 5.74) is 3.09. The molecule has 0 radical (unpaired) electrons. The fourth-order valence-corrected chi connectivity index (χ4v) is 5.57. The molecule has 2 saturated carbocycles. The van der Waals surface area contributed by atoms with Crippen molar-refractivity contribution in [3.63, 3.8) is 0 Å². The first kappa shape index (κ1) is 25.0. The van der Waals surface area contributed by atoms with E-state index in [-0.39, 0.29) is 23.7 Å². The van der Waals surface area contributed by atoms with Crippen LogP contribution in [0.15, 0.2) is 36.4 Å². The number of carbonyl (C=O) groups excluding carboxylic acids is 2. The molecule has 1 amide bonds. The van der Waals surface area contributed by atoms with E-state index < -0.39 is 0 Å². The van der Waals surface area contributed by atoms with Crippen LogP contribution in [-0.2, 0) is 34.5 Å². The number of nitrogens with one attached hydrogen (secondary N) is 1. The zero-order chi connectivity index (χ0) is 26.1. The van der Waals surface area contributed by atoms with Crippen molar-refractivity contribution < 1.29 is 23.8 Å². The van der Waals surface area contributed by atoms with E-state index in [2.05, 4.69) is 10.4 Å². The molecule has 2 fully saturated rings. The third kappa shape index (κ3) is 5.11. The first-order chi connectivity index (χ1) is 17.9. The molecule has 1 aromatic carbocycles. The number of anilines is 1. The molecule has 2 heterocycles. The van der Waals surface area contributed by atoms with Crippen molar-refractivity contribution in [2.45, 2.75) is 38.8 Å². The number of hydrogen-bond acceptors (Lipinski definition) is 7. The highest BCUT2D eigenvalue weighted by molar-refractivity contribution is 6.02. The summed E-state index contributed by atoms with van der Waals surface area (Å²) in [7, 11) is 4.96. The van der Waals surface area contributed by atoms with Gasteiger partial charge in [0.05, 0.1) is 44.2 Å². The Morgan fingerprint density at radius 2 is 1.81 bits per heavy atom. The van der Waals surface area contributed by atoms with Crippen molar-refractivity contribution in [2.24, 2.45) is 24.8 Å². The van der Waals surface area contributed by atoms with Crippen LogP contribution < -0.4 is 10.1 Å². The highest BCUT2D eigenvalue weighted by Crippen LogP contribution is 2.62. The minimum Gasteiger partial charge on any atom is -0.497 e. The van der Waals surface area contributed by atoms with Crippen LogP contribution in [0.25, 0.3) is 0 Å². The van der Waals surface area contributed by atoms with Crippen molar-refractivity contribution in [2.75, 3.05) is 26.1 Å². The fraction of sp³-hybridized carbons (Fsp3) is 0.481. The summed E-state index contributed by atoms with van der Waals surface area (Å²) in [4.78, 5) is 25.4. The smallest absolute Gasteiger partial charge is 0.309 e. The van der Waals surface area contributed by atoms with E-state index in [0.717, 1.165) is 29.8 Å². The Bertz CT molecular complexity index is 1270. The summed E-state index contributed by atoms with van der Waals surface area (Å²) < 4.78 is 19.0. The predicted molar refractivity (Wildman–Crippen MR) is 135 cm³/mol. The second kappa shape index (κ2) is 10.4. The first-order valence-electron chi connectivity index (χ1n) is 12.6. The lowest BCUT2D eigenvalue weighted by atomic mass is 9.97.